The molecule has 0 spiro atoms. The number of halogens is 1. The molecule has 1 heterocycles. The van der Waals surface area contributed by atoms with Crippen molar-refractivity contribution in [3.8, 4) is 0 Å². The van der Waals surface area contributed by atoms with Gasteiger partial charge >= 0.3 is 0 Å². The molecule has 0 aliphatic carbocycles. The number of nitrogens with one attached hydrogen (secondary N) is 1. The van der Waals surface area contributed by atoms with Gasteiger partial charge in [0.1, 0.15) is 0 Å². The fourth-order valence-electron chi connectivity index (χ4n) is 2.47. The van der Waals surface area contributed by atoms with E-state index in [1.807, 2.05) is 13.8 Å². The predicted molar refractivity (Wildman–Crippen MR) is 103 cm³/mol. The fraction of sp³-hybridized carbons (Fsp3) is 0.353. The van der Waals surface area contributed by atoms with Crippen LogP contribution in [0.15, 0.2) is 34.5 Å². The minimum absolute atomic E-state index is 0.0214. The monoisotopic (exact) mass is 400 g/mol. The molecule has 0 unspecified atom stereocenters. The van der Waals surface area contributed by atoms with Crippen molar-refractivity contribution in [1.82, 2.24) is 4.90 Å². The summed E-state index contributed by atoms with van der Waals surface area (Å²) < 4.78 is 28.0. The van der Waals surface area contributed by atoms with E-state index in [2.05, 4.69) is 4.72 Å². The van der Waals surface area contributed by atoms with Gasteiger partial charge in [0.05, 0.1) is 17.0 Å². The Morgan fingerprint density at radius 3 is 2.56 bits per heavy atom. The Labute approximate surface area is 157 Å². The summed E-state index contributed by atoms with van der Waals surface area (Å²) in [5, 5.41) is 2.16. The van der Waals surface area contributed by atoms with E-state index in [0.717, 1.165) is 0 Å². The van der Waals surface area contributed by atoms with Crippen molar-refractivity contribution in [3.63, 3.8) is 0 Å². The zero-order valence-corrected chi connectivity index (χ0v) is 16.8. The third-order valence-electron chi connectivity index (χ3n) is 3.93. The van der Waals surface area contributed by atoms with Gasteiger partial charge in [-0.15, -0.1) is 11.3 Å². The maximum atomic E-state index is 12.7. The topological polar surface area (TPSA) is 66.5 Å². The maximum absolute atomic E-state index is 12.7. The molecule has 2 aromatic rings. The summed E-state index contributed by atoms with van der Waals surface area (Å²) in [6.45, 7) is 6.75. The van der Waals surface area contributed by atoms with Crippen LogP contribution in [0.4, 0.5) is 5.69 Å². The number of carbonyl (C=O) groups excluding carboxylic acids is 1. The van der Waals surface area contributed by atoms with E-state index < -0.39 is 10.0 Å². The van der Waals surface area contributed by atoms with Gasteiger partial charge in [0.2, 0.25) is 5.91 Å². The highest BCUT2D eigenvalue weighted by Crippen LogP contribution is 2.29. The van der Waals surface area contributed by atoms with Crippen LogP contribution in [0.25, 0.3) is 0 Å². The first-order chi connectivity index (χ1) is 11.8. The van der Waals surface area contributed by atoms with Gasteiger partial charge in [-0.25, -0.2) is 8.42 Å². The molecule has 25 heavy (non-hydrogen) atoms. The molecule has 0 aliphatic rings. The lowest BCUT2D eigenvalue weighted by molar-refractivity contribution is -0.130. The summed E-state index contributed by atoms with van der Waals surface area (Å²) in [7, 11) is -3.78. The zero-order chi connectivity index (χ0) is 18.6. The molecule has 5 nitrogen and oxygen atoms in total. The number of nitrogens with zero attached hydrogens (tertiary/aromatic N) is 1. The molecule has 0 bridgehead atoms. The van der Waals surface area contributed by atoms with Crippen molar-refractivity contribution in [2.45, 2.75) is 32.1 Å². The van der Waals surface area contributed by atoms with Crippen molar-refractivity contribution in [2.75, 3.05) is 17.8 Å². The molecule has 0 fully saturated rings. The summed E-state index contributed by atoms with van der Waals surface area (Å²) >= 11 is 7.39. The zero-order valence-electron chi connectivity index (χ0n) is 14.4. The molecule has 0 saturated heterocycles. The third kappa shape index (κ3) is 4.54. The highest BCUT2D eigenvalue weighted by atomic mass is 35.5. The van der Waals surface area contributed by atoms with E-state index in [1.54, 1.807) is 35.4 Å². The number of anilines is 1. The summed E-state index contributed by atoms with van der Waals surface area (Å²) in [5.41, 5.74) is 0.928. The van der Waals surface area contributed by atoms with Gasteiger partial charge in [-0.05, 0) is 49.9 Å². The SMILES string of the molecule is CCN(CC)C(=O)Cc1sccc1NS(=O)(=O)c1cccc(Cl)c1C. The Bertz CT molecular complexity index is 859. The molecule has 1 N–H and O–H groups in total. The number of benzene rings is 1. The lowest BCUT2D eigenvalue weighted by Gasteiger charge is -2.18. The summed E-state index contributed by atoms with van der Waals surface area (Å²) in [6, 6.07) is 6.43. The number of carbonyl (C=O) groups is 1. The molecule has 1 aromatic carbocycles. The molecule has 0 aliphatic heterocycles. The van der Waals surface area contributed by atoms with E-state index in [9.17, 15) is 13.2 Å². The fourth-order valence-corrected chi connectivity index (χ4v) is 4.95. The molecular weight excluding hydrogens is 380 g/mol. The second-order valence-corrected chi connectivity index (χ2v) is 8.53. The largest absolute Gasteiger partial charge is 0.343 e. The molecule has 1 amide bonds. The lowest BCUT2D eigenvalue weighted by atomic mass is 10.2. The Morgan fingerprint density at radius 1 is 1.24 bits per heavy atom. The first-order valence-electron chi connectivity index (χ1n) is 7.92. The average Bonchev–Trinajstić information content (AvgIpc) is 2.97. The average molecular weight is 401 g/mol. The van der Waals surface area contributed by atoms with Crippen LogP contribution < -0.4 is 4.72 Å². The van der Waals surface area contributed by atoms with E-state index in [1.165, 1.54) is 17.4 Å². The van der Waals surface area contributed by atoms with Crippen LogP contribution in [0.1, 0.15) is 24.3 Å². The smallest absolute Gasteiger partial charge is 0.262 e. The molecule has 0 atom stereocenters. The first-order valence-corrected chi connectivity index (χ1v) is 10.7. The highest BCUT2D eigenvalue weighted by molar-refractivity contribution is 7.92. The molecule has 0 radical (unpaired) electrons. The Kier molecular flexibility index (Phi) is 6.48. The van der Waals surface area contributed by atoms with E-state index in [-0.39, 0.29) is 17.2 Å². The van der Waals surface area contributed by atoms with Crippen molar-refractivity contribution in [3.05, 3.63) is 45.1 Å². The number of thiophene rings is 1. The predicted octanol–water partition coefficient (Wildman–Crippen LogP) is 3.92. The normalized spacial score (nSPS) is 11.4. The second-order valence-electron chi connectivity index (χ2n) is 5.47. The van der Waals surface area contributed by atoms with E-state index in [0.29, 0.717) is 34.2 Å². The minimum Gasteiger partial charge on any atom is -0.343 e. The van der Waals surface area contributed by atoms with Crippen LogP contribution in [0.2, 0.25) is 5.02 Å². The van der Waals surface area contributed by atoms with Crippen LogP contribution in [-0.4, -0.2) is 32.3 Å². The lowest BCUT2D eigenvalue weighted by Crippen LogP contribution is -2.31. The third-order valence-corrected chi connectivity index (χ3v) is 6.77. The van der Waals surface area contributed by atoms with Crippen LogP contribution >= 0.6 is 22.9 Å². The quantitative estimate of drug-likeness (QED) is 0.765. The van der Waals surface area contributed by atoms with Crippen molar-refractivity contribution < 1.29 is 13.2 Å². The van der Waals surface area contributed by atoms with E-state index in [4.69, 9.17) is 11.6 Å². The van der Waals surface area contributed by atoms with Crippen LogP contribution in [-0.2, 0) is 21.2 Å². The van der Waals surface area contributed by atoms with Gasteiger partial charge in [0, 0.05) is 23.0 Å². The Balaban J connectivity index is 2.26. The molecule has 0 saturated carbocycles. The molecule has 2 rings (SSSR count). The van der Waals surface area contributed by atoms with Gasteiger partial charge < -0.3 is 4.90 Å². The number of hydrogen-bond donors (Lipinski definition) is 1. The molecular formula is C17H21ClN2O3S2. The van der Waals surface area contributed by atoms with Crippen molar-refractivity contribution in [1.29, 1.82) is 0 Å². The Hall–Kier alpha value is -1.57. The van der Waals surface area contributed by atoms with Gasteiger partial charge in [-0.2, -0.15) is 0 Å². The van der Waals surface area contributed by atoms with E-state index >= 15 is 0 Å². The number of hydrogen-bond acceptors (Lipinski definition) is 4. The van der Waals surface area contributed by atoms with Gasteiger partial charge in [0.25, 0.3) is 10.0 Å². The molecule has 136 valence electrons. The maximum Gasteiger partial charge on any atom is 0.262 e. The first kappa shape index (κ1) is 19.8. The van der Waals surface area contributed by atoms with Crippen molar-refractivity contribution in [2.24, 2.45) is 0 Å². The van der Waals surface area contributed by atoms with Crippen LogP contribution in [0, 0.1) is 6.92 Å². The Morgan fingerprint density at radius 2 is 1.92 bits per heavy atom. The number of rotatable bonds is 7. The number of sulfonamides is 1. The van der Waals surface area contributed by atoms with Crippen LogP contribution in [0.3, 0.4) is 0 Å². The summed E-state index contributed by atoms with van der Waals surface area (Å²) in [4.78, 5) is 14.8. The molecule has 1 aromatic heterocycles. The van der Waals surface area contributed by atoms with Crippen LogP contribution in [0.5, 0.6) is 0 Å². The van der Waals surface area contributed by atoms with Gasteiger partial charge in [-0.3, -0.25) is 9.52 Å². The van der Waals surface area contributed by atoms with Gasteiger partial charge in [-0.1, -0.05) is 17.7 Å². The molecule has 8 heteroatoms. The standard InChI is InChI=1S/C17H21ClN2O3S2/c1-4-20(5-2)17(21)11-15-14(9-10-24-15)19-25(22,23)16-8-6-7-13(18)12(16)3/h6-10,19H,4-5,11H2,1-3H3. The summed E-state index contributed by atoms with van der Waals surface area (Å²) in [5.74, 6) is -0.0214. The number of likely N-dealkylation sites (N-methyl/N-ethyl adjacent to an activating group) is 1. The summed E-state index contributed by atoms with van der Waals surface area (Å²) in [6.07, 6.45) is 0.172. The van der Waals surface area contributed by atoms with Crippen molar-refractivity contribution >= 4 is 44.6 Å². The van der Waals surface area contributed by atoms with Gasteiger partial charge in [0.15, 0.2) is 0 Å². The number of amides is 1. The second kappa shape index (κ2) is 8.21. The minimum atomic E-state index is -3.78. The highest BCUT2D eigenvalue weighted by Gasteiger charge is 2.21.